The minimum absolute atomic E-state index is 0.0492. The summed E-state index contributed by atoms with van der Waals surface area (Å²) in [5, 5.41) is 10.7. The van der Waals surface area contributed by atoms with Crippen molar-refractivity contribution in [2.75, 3.05) is 25.4 Å². The smallest absolute Gasteiger partial charge is 0.303 e. The van der Waals surface area contributed by atoms with Gasteiger partial charge in [-0.15, -0.1) is 0 Å². The van der Waals surface area contributed by atoms with Crippen LogP contribution in [-0.2, 0) is 16.2 Å². The van der Waals surface area contributed by atoms with Crippen LogP contribution in [0.1, 0.15) is 36.6 Å². The Morgan fingerprint density at radius 1 is 1.45 bits per heavy atom. The van der Waals surface area contributed by atoms with Crippen LogP contribution in [0.4, 0.5) is 13.2 Å². The number of halogens is 3. The van der Waals surface area contributed by atoms with Crippen molar-refractivity contribution >= 4 is 10.0 Å². The van der Waals surface area contributed by atoms with Gasteiger partial charge in [0.2, 0.25) is 10.0 Å². The number of primary sulfonamides is 1. The van der Waals surface area contributed by atoms with Gasteiger partial charge in [0.25, 0.3) is 0 Å². The van der Waals surface area contributed by atoms with Gasteiger partial charge in [-0.05, 0) is 38.4 Å². The maximum absolute atomic E-state index is 12.6. The summed E-state index contributed by atoms with van der Waals surface area (Å²) in [6, 6.07) is 1.05. The molecule has 0 unspecified atom stereocenters. The summed E-state index contributed by atoms with van der Waals surface area (Å²) in [7, 11) is -3.47. The van der Waals surface area contributed by atoms with Crippen molar-refractivity contribution in [3.63, 3.8) is 0 Å². The standard InChI is InChI=1S/C12H19F3N4O2S/c13-12(14,15)11-7-10(17-18-11)9-3-1-4-19(8-9)5-2-6-22(16,20)21/h7,9H,1-6,8H2,(H,17,18)(H2,16,20,21)/t9-/m1/s1. The molecule has 0 saturated carbocycles. The van der Waals surface area contributed by atoms with Gasteiger partial charge in [-0.1, -0.05) is 0 Å². The zero-order valence-electron chi connectivity index (χ0n) is 11.9. The molecule has 1 saturated heterocycles. The van der Waals surface area contributed by atoms with Gasteiger partial charge in [0.05, 0.1) is 5.75 Å². The van der Waals surface area contributed by atoms with Gasteiger partial charge < -0.3 is 4.90 Å². The van der Waals surface area contributed by atoms with E-state index in [0.717, 1.165) is 25.5 Å². The van der Waals surface area contributed by atoms with Gasteiger partial charge in [-0.25, -0.2) is 13.6 Å². The minimum Gasteiger partial charge on any atom is -0.303 e. The minimum atomic E-state index is -4.45. The fourth-order valence-corrected chi connectivity index (χ4v) is 3.22. The molecule has 22 heavy (non-hydrogen) atoms. The van der Waals surface area contributed by atoms with E-state index < -0.39 is 21.9 Å². The van der Waals surface area contributed by atoms with Crippen molar-refractivity contribution in [1.29, 1.82) is 0 Å². The lowest BCUT2D eigenvalue weighted by Gasteiger charge is -2.32. The monoisotopic (exact) mass is 340 g/mol. The second kappa shape index (κ2) is 6.55. The first-order valence-corrected chi connectivity index (χ1v) is 8.72. The number of piperidine rings is 1. The van der Waals surface area contributed by atoms with Gasteiger partial charge >= 0.3 is 6.18 Å². The Bertz CT molecular complexity index is 600. The van der Waals surface area contributed by atoms with Crippen LogP contribution >= 0.6 is 0 Å². The van der Waals surface area contributed by atoms with Crippen LogP contribution in [-0.4, -0.2) is 48.9 Å². The van der Waals surface area contributed by atoms with Gasteiger partial charge in [0.1, 0.15) is 0 Å². The summed E-state index contributed by atoms with van der Waals surface area (Å²) in [5.41, 5.74) is -0.433. The first kappa shape index (κ1) is 17.2. The molecule has 1 aliphatic heterocycles. The summed E-state index contributed by atoms with van der Waals surface area (Å²) in [6.45, 7) is 1.96. The van der Waals surface area contributed by atoms with Crippen molar-refractivity contribution < 1.29 is 21.6 Å². The Balaban J connectivity index is 1.91. The van der Waals surface area contributed by atoms with E-state index >= 15 is 0 Å². The molecule has 0 bridgehead atoms. The molecule has 0 spiro atoms. The van der Waals surface area contributed by atoms with Crippen molar-refractivity contribution in [3.05, 3.63) is 17.5 Å². The number of nitrogens with two attached hydrogens (primary N) is 1. The van der Waals surface area contributed by atoms with E-state index in [-0.39, 0.29) is 11.7 Å². The second-order valence-corrected chi connectivity index (χ2v) is 7.30. The summed E-state index contributed by atoms with van der Waals surface area (Å²) in [4.78, 5) is 2.05. The number of alkyl halides is 3. The molecule has 0 aliphatic carbocycles. The Morgan fingerprint density at radius 2 is 2.18 bits per heavy atom. The molecule has 1 atom stereocenters. The van der Waals surface area contributed by atoms with Gasteiger partial charge in [0, 0.05) is 18.2 Å². The van der Waals surface area contributed by atoms with Crippen molar-refractivity contribution in [2.24, 2.45) is 5.14 Å². The third-order valence-electron chi connectivity index (χ3n) is 3.74. The van der Waals surface area contributed by atoms with E-state index in [1.54, 1.807) is 0 Å². The van der Waals surface area contributed by atoms with Gasteiger partial charge in [-0.2, -0.15) is 18.3 Å². The average molecular weight is 340 g/mol. The maximum atomic E-state index is 12.6. The van der Waals surface area contributed by atoms with Crippen LogP contribution < -0.4 is 5.14 Å². The fourth-order valence-electron chi connectivity index (χ4n) is 2.69. The molecular weight excluding hydrogens is 321 g/mol. The van der Waals surface area contributed by atoms with E-state index in [0.29, 0.717) is 25.2 Å². The molecule has 126 valence electrons. The van der Waals surface area contributed by atoms with Crippen molar-refractivity contribution in [2.45, 2.75) is 31.4 Å². The Morgan fingerprint density at radius 3 is 2.77 bits per heavy atom. The normalized spacial score (nSPS) is 21.2. The number of aromatic amines is 1. The third kappa shape index (κ3) is 4.96. The number of hydrogen-bond donors (Lipinski definition) is 2. The van der Waals surface area contributed by atoms with Crippen LogP contribution in [0.25, 0.3) is 0 Å². The first-order chi connectivity index (χ1) is 10.1. The number of hydrogen-bond acceptors (Lipinski definition) is 4. The van der Waals surface area contributed by atoms with Crippen LogP contribution in [0.3, 0.4) is 0 Å². The van der Waals surface area contributed by atoms with E-state index in [1.165, 1.54) is 0 Å². The predicted molar refractivity (Wildman–Crippen MR) is 74.6 cm³/mol. The molecule has 0 aromatic carbocycles. The van der Waals surface area contributed by atoms with E-state index in [4.69, 9.17) is 5.14 Å². The average Bonchev–Trinajstić information content (AvgIpc) is 2.87. The van der Waals surface area contributed by atoms with Gasteiger partial charge in [0.15, 0.2) is 5.69 Å². The van der Waals surface area contributed by atoms with Crippen LogP contribution in [0, 0.1) is 0 Å². The molecule has 1 fully saturated rings. The lowest BCUT2D eigenvalue weighted by molar-refractivity contribution is -0.141. The highest BCUT2D eigenvalue weighted by atomic mass is 32.2. The van der Waals surface area contributed by atoms with Crippen LogP contribution in [0.15, 0.2) is 6.07 Å². The largest absolute Gasteiger partial charge is 0.435 e. The van der Waals surface area contributed by atoms with Crippen LogP contribution in [0.5, 0.6) is 0 Å². The molecule has 1 aliphatic rings. The molecule has 2 heterocycles. The molecule has 1 aromatic heterocycles. The molecule has 0 amide bonds. The lowest BCUT2D eigenvalue weighted by Crippen LogP contribution is -2.36. The Kier molecular flexibility index (Phi) is 5.13. The fraction of sp³-hybridized carbons (Fsp3) is 0.750. The highest BCUT2D eigenvalue weighted by Crippen LogP contribution is 2.31. The van der Waals surface area contributed by atoms with Crippen LogP contribution in [0.2, 0.25) is 0 Å². The molecule has 10 heteroatoms. The van der Waals surface area contributed by atoms with Crippen molar-refractivity contribution in [1.82, 2.24) is 15.1 Å². The van der Waals surface area contributed by atoms with E-state index in [1.807, 2.05) is 4.90 Å². The molecule has 6 nitrogen and oxygen atoms in total. The summed E-state index contributed by atoms with van der Waals surface area (Å²) in [6.07, 6.45) is -2.40. The Hall–Kier alpha value is -1.13. The lowest BCUT2D eigenvalue weighted by atomic mass is 9.94. The zero-order chi connectivity index (χ0) is 16.4. The van der Waals surface area contributed by atoms with Gasteiger partial charge in [-0.3, -0.25) is 5.10 Å². The van der Waals surface area contributed by atoms with E-state index in [9.17, 15) is 21.6 Å². The number of aromatic nitrogens is 2. The number of nitrogens with one attached hydrogen (secondary N) is 1. The molecule has 3 N–H and O–H groups in total. The highest BCUT2D eigenvalue weighted by molar-refractivity contribution is 7.89. The number of H-pyrrole nitrogens is 1. The Labute approximate surface area is 126 Å². The number of sulfonamides is 1. The first-order valence-electron chi connectivity index (χ1n) is 7.00. The number of nitrogens with zero attached hydrogens (tertiary/aromatic N) is 2. The summed E-state index contributed by atoms with van der Waals surface area (Å²) < 4.78 is 59.5. The van der Waals surface area contributed by atoms with Crippen molar-refractivity contribution in [3.8, 4) is 0 Å². The molecule has 0 radical (unpaired) electrons. The molecule has 1 aromatic rings. The SMILES string of the molecule is NS(=O)(=O)CCCN1CCC[C@@H](c2cc(C(F)(F)F)n[nH]2)C1. The quantitative estimate of drug-likeness (QED) is 0.845. The third-order valence-corrected chi connectivity index (χ3v) is 4.59. The number of rotatable bonds is 5. The number of likely N-dealkylation sites (tertiary alicyclic amines) is 1. The highest BCUT2D eigenvalue weighted by Gasteiger charge is 2.35. The van der Waals surface area contributed by atoms with E-state index in [2.05, 4.69) is 10.2 Å². The predicted octanol–water partition coefficient (Wildman–Crippen LogP) is 1.29. The zero-order valence-corrected chi connectivity index (χ0v) is 12.8. The topological polar surface area (TPSA) is 92.1 Å². The second-order valence-electron chi connectivity index (χ2n) is 5.57. The maximum Gasteiger partial charge on any atom is 0.435 e. The summed E-state index contributed by atoms with van der Waals surface area (Å²) in [5.74, 6) is -0.136. The molecular formula is C12H19F3N4O2S. The summed E-state index contributed by atoms with van der Waals surface area (Å²) >= 11 is 0. The molecule has 2 rings (SSSR count).